The van der Waals surface area contributed by atoms with E-state index in [1.165, 1.54) is 5.56 Å². The zero-order chi connectivity index (χ0) is 18.1. The number of ether oxygens (including phenoxy) is 1. The Morgan fingerprint density at radius 2 is 1.92 bits per heavy atom. The van der Waals surface area contributed by atoms with Crippen LogP contribution in [0.25, 0.3) is 11.0 Å². The number of hydrogen-bond acceptors (Lipinski definition) is 4. The standard InChI is InChI=1S/C21H19NO4/c1-25-17-8-6-14(7-9-17)16-10-11-22(13-16)20(23)18-12-15-4-2-3-5-19(15)26-21(18)24/h2-9,12,16H,10-11,13H2,1H3. The van der Waals surface area contributed by atoms with Crippen LogP contribution >= 0.6 is 0 Å². The molecule has 1 fully saturated rings. The van der Waals surface area contributed by atoms with E-state index in [0.29, 0.717) is 18.7 Å². The van der Waals surface area contributed by atoms with Gasteiger partial charge in [0.1, 0.15) is 16.9 Å². The topological polar surface area (TPSA) is 59.8 Å². The van der Waals surface area contributed by atoms with Gasteiger partial charge in [0.25, 0.3) is 5.91 Å². The maximum absolute atomic E-state index is 12.8. The van der Waals surface area contributed by atoms with E-state index in [1.54, 1.807) is 30.2 Å². The average Bonchev–Trinajstić information content (AvgIpc) is 3.17. The summed E-state index contributed by atoms with van der Waals surface area (Å²) in [6.07, 6.45) is 0.872. The van der Waals surface area contributed by atoms with Crippen LogP contribution in [0.1, 0.15) is 28.3 Å². The molecular formula is C21H19NO4. The number of carbonyl (C=O) groups excluding carboxylic acids is 1. The fourth-order valence-corrected chi connectivity index (χ4v) is 3.47. The molecule has 4 rings (SSSR count). The Bertz CT molecular complexity index is 1010. The van der Waals surface area contributed by atoms with Crippen LogP contribution in [0.4, 0.5) is 0 Å². The van der Waals surface area contributed by atoms with Gasteiger partial charge >= 0.3 is 5.63 Å². The van der Waals surface area contributed by atoms with Gasteiger partial charge in [-0.1, -0.05) is 30.3 Å². The number of amides is 1. The van der Waals surface area contributed by atoms with Crippen molar-refractivity contribution >= 4 is 16.9 Å². The summed E-state index contributed by atoms with van der Waals surface area (Å²) in [7, 11) is 1.64. The Balaban J connectivity index is 1.56. The zero-order valence-electron chi connectivity index (χ0n) is 14.5. The molecule has 5 nitrogen and oxygen atoms in total. The smallest absolute Gasteiger partial charge is 0.349 e. The predicted octanol–water partition coefficient (Wildman–Crippen LogP) is 3.43. The van der Waals surface area contributed by atoms with Gasteiger partial charge in [0.05, 0.1) is 7.11 Å². The molecule has 1 saturated heterocycles. The van der Waals surface area contributed by atoms with Gasteiger partial charge in [-0.25, -0.2) is 4.79 Å². The van der Waals surface area contributed by atoms with Gasteiger partial charge in [0, 0.05) is 24.4 Å². The lowest BCUT2D eigenvalue weighted by atomic mass is 9.98. The van der Waals surface area contributed by atoms with Gasteiger partial charge < -0.3 is 14.1 Å². The van der Waals surface area contributed by atoms with E-state index in [0.717, 1.165) is 17.6 Å². The molecule has 0 radical (unpaired) electrons. The summed E-state index contributed by atoms with van der Waals surface area (Å²) in [5.74, 6) is 0.811. The molecule has 0 saturated carbocycles. The molecule has 2 aromatic carbocycles. The zero-order valence-corrected chi connectivity index (χ0v) is 14.5. The summed E-state index contributed by atoms with van der Waals surface area (Å²) >= 11 is 0. The van der Waals surface area contributed by atoms with Gasteiger partial charge in [-0.15, -0.1) is 0 Å². The van der Waals surface area contributed by atoms with Gasteiger partial charge in [-0.2, -0.15) is 0 Å². The number of likely N-dealkylation sites (tertiary alicyclic amines) is 1. The second kappa shape index (κ2) is 6.67. The maximum atomic E-state index is 12.8. The monoisotopic (exact) mass is 349 g/mol. The summed E-state index contributed by atoms with van der Waals surface area (Å²) in [5.41, 5.74) is 1.18. The summed E-state index contributed by atoms with van der Waals surface area (Å²) < 4.78 is 10.5. The summed E-state index contributed by atoms with van der Waals surface area (Å²) in [4.78, 5) is 26.8. The first-order valence-corrected chi connectivity index (χ1v) is 8.62. The largest absolute Gasteiger partial charge is 0.497 e. The summed E-state index contributed by atoms with van der Waals surface area (Å²) in [5, 5.41) is 0.751. The minimum absolute atomic E-state index is 0.0964. The summed E-state index contributed by atoms with van der Waals surface area (Å²) in [6, 6.07) is 16.8. The highest BCUT2D eigenvalue weighted by atomic mass is 16.5. The second-order valence-electron chi connectivity index (χ2n) is 6.50. The number of methoxy groups -OCH3 is 1. The molecule has 1 unspecified atom stereocenters. The minimum atomic E-state index is -0.582. The van der Waals surface area contributed by atoms with Crippen LogP contribution in [0, 0.1) is 0 Å². The Morgan fingerprint density at radius 3 is 2.69 bits per heavy atom. The van der Waals surface area contributed by atoms with E-state index >= 15 is 0 Å². The van der Waals surface area contributed by atoms with Crippen molar-refractivity contribution in [3.05, 3.63) is 76.1 Å². The van der Waals surface area contributed by atoms with Crippen LogP contribution in [0.3, 0.4) is 0 Å². The van der Waals surface area contributed by atoms with Crippen LogP contribution in [0.2, 0.25) is 0 Å². The van der Waals surface area contributed by atoms with Crippen molar-refractivity contribution in [3.8, 4) is 5.75 Å². The highest BCUT2D eigenvalue weighted by Crippen LogP contribution is 2.29. The van der Waals surface area contributed by atoms with Crippen molar-refractivity contribution in [2.45, 2.75) is 12.3 Å². The third-order valence-electron chi connectivity index (χ3n) is 4.93. The van der Waals surface area contributed by atoms with Gasteiger partial charge in [-0.3, -0.25) is 4.79 Å². The quantitative estimate of drug-likeness (QED) is 0.680. The molecule has 26 heavy (non-hydrogen) atoms. The van der Waals surface area contributed by atoms with E-state index in [2.05, 4.69) is 0 Å². The Kier molecular flexibility index (Phi) is 4.21. The highest BCUT2D eigenvalue weighted by Gasteiger charge is 2.29. The van der Waals surface area contributed by atoms with Crippen molar-refractivity contribution in [1.29, 1.82) is 0 Å². The number of carbonyl (C=O) groups is 1. The first kappa shape index (κ1) is 16.4. The molecule has 1 aromatic heterocycles. The number of hydrogen-bond donors (Lipinski definition) is 0. The lowest BCUT2D eigenvalue weighted by Gasteiger charge is -2.16. The second-order valence-corrected chi connectivity index (χ2v) is 6.50. The van der Waals surface area contributed by atoms with Gasteiger partial charge in [-0.05, 0) is 36.2 Å². The van der Waals surface area contributed by atoms with Crippen LogP contribution < -0.4 is 10.4 Å². The number of para-hydroxylation sites is 1. The fraction of sp³-hybridized carbons (Fsp3) is 0.238. The van der Waals surface area contributed by atoms with E-state index < -0.39 is 5.63 Å². The van der Waals surface area contributed by atoms with Crippen molar-refractivity contribution in [2.24, 2.45) is 0 Å². The Hall–Kier alpha value is -3.08. The number of benzene rings is 2. The van der Waals surface area contributed by atoms with E-state index in [-0.39, 0.29) is 17.4 Å². The molecule has 5 heteroatoms. The highest BCUT2D eigenvalue weighted by molar-refractivity contribution is 5.96. The molecule has 0 N–H and O–H groups in total. The first-order valence-electron chi connectivity index (χ1n) is 8.62. The predicted molar refractivity (Wildman–Crippen MR) is 98.7 cm³/mol. The van der Waals surface area contributed by atoms with E-state index in [4.69, 9.17) is 9.15 Å². The molecule has 1 amide bonds. The third kappa shape index (κ3) is 2.96. The van der Waals surface area contributed by atoms with Crippen molar-refractivity contribution in [1.82, 2.24) is 4.90 Å². The van der Waals surface area contributed by atoms with Crippen molar-refractivity contribution in [2.75, 3.05) is 20.2 Å². The molecular weight excluding hydrogens is 330 g/mol. The van der Waals surface area contributed by atoms with Gasteiger partial charge in [0.15, 0.2) is 0 Å². The average molecular weight is 349 g/mol. The molecule has 0 spiro atoms. The molecule has 0 aliphatic carbocycles. The van der Waals surface area contributed by atoms with Crippen LogP contribution in [-0.4, -0.2) is 31.0 Å². The minimum Gasteiger partial charge on any atom is -0.497 e. The SMILES string of the molecule is COc1ccc(C2CCN(C(=O)c3cc4ccccc4oc3=O)C2)cc1. The fourth-order valence-electron chi connectivity index (χ4n) is 3.47. The van der Waals surface area contributed by atoms with Crippen molar-refractivity contribution in [3.63, 3.8) is 0 Å². The number of fused-ring (bicyclic) bond motifs is 1. The lowest BCUT2D eigenvalue weighted by molar-refractivity contribution is 0.0787. The summed E-state index contributed by atoms with van der Waals surface area (Å²) in [6.45, 7) is 1.22. The number of nitrogens with zero attached hydrogens (tertiary/aromatic N) is 1. The Labute approximate surface area is 150 Å². The van der Waals surface area contributed by atoms with E-state index in [9.17, 15) is 9.59 Å². The number of rotatable bonds is 3. The van der Waals surface area contributed by atoms with Crippen LogP contribution in [0.5, 0.6) is 5.75 Å². The molecule has 1 aliphatic heterocycles. The molecule has 3 aromatic rings. The van der Waals surface area contributed by atoms with Crippen molar-refractivity contribution < 1.29 is 13.9 Å². The molecule has 1 aliphatic rings. The normalized spacial score (nSPS) is 16.8. The molecule has 132 valence electrons. The van der Waals surface area contributed by atoms with Crippen LogP contribution in [0.15, 0.2) is 63.8 Å². The Morgan fingerprint density at radius 1 is 1.15 bits per heavy atom. The van der Waals surface area contributed by atoms with Gasteiger partial charge in [0.2, 0.25) is 0 Å². The van der Waals surface area contributed by atoms with Crippen LogP contribution in [-0.2, 0) is 0 Å². The molecule has 2 heterocycles. The third-order valence-corrected chi connectivity index (χ3v) is 4.93. The first-order chi connectivity index (χ1) is 12.7. The van der Waals surface area contributed by atoms with E-state index in [1.807, 2.05) is 36.4 Å². The molecule has 1 atom stereocenters. The maximum Gasteiger partial charge on any atom is 0.349 e. The molecule has 0 bridgehead atoms. The lowest BCUT2D eigenvalue weighted by Crippen LogP contribution is -2.32.